The summed E-state index contributed by atoms with van der Waals surface area (Å²) >= 11 is 0. The normalized spacial score (nSPS) is 19.5. The van der Waals surface area contributed by atoms with Gasteiger partial charge in [-0.3, -0.25) is 14.6 Å². The largest absolute Gasteiger partial charge is 0.374 e. The molecule has 0 unspecified atom stereocenters. The maximum atomic E-state index is 13.0. The van der Waals surface area contributed by atoms with E-state index in [4.69, 9.17) is 9.26 Å². The highest BCUT2D eigenvalue weighted by atomic mass is 16.5. The number of carbonyl (C=O) groups is 2. The average Bonchev–Trinajstić information content (AvgIpc) is 3.55. The van der Waals surface area contributed by atoms with Gasteiger partial charge in [-0.25, -0.2) is 0 Å². The van der Waals surface area contributed by atoms with Gasteiger partial charge in [-0.05, 0) is 50.7 Å². The Hall–Kier alpha value is -2.74. The quantitative estimate of drug-likeness (QED) is 0.644. The fourth-order valence-corrected chi connectivity index (χ4v) is 3.94. The first kappa shape index (κ1) is 21.5. The predicted molar refractivity (Wildman–Crippen MR) is 113 cm³/mol. The molecule has 2 amide bonds. The van der Waals surface area contributed by atoms with E-state index in [2.05, 4.69) is 10.1 Å². The second kappa shape index (κ2) is 9.60. The molecule has 0 N–H and O–H groups in total. The fraction of sp³-hybridized carbons (Fsp3) is 0.565. The van der Waals surface area contributed by atoms with Crippen molar-refractivity contribution in [2.24, 2.45) is 5.92 Å². The molecule has 166 valence electrons. The summed E-state index contributed by atoms with van der Waals surface area (Å²) in [5, 5.41) is 3.96. The third-order valence-corrected chi connectivity index (χ3v) is 6.01. The highest BCUT2D eigenvalue weighted by Crippen LogP contribution is 2.29. The van der Waals surface area contributed by atoms with Crippen molar-refractivity contribution in [3.8, 4) is 0 Å². The van der Waals surface area contributed by atoms with Crippen molar-refractivity contribution < 1.29 is 18.8 Å². The number of pyridine rings is 1. The number of ether oxygens (including phenoxy) is 1. The fourth-order valence-electron chi connectivity index (χ4n) is 3.94. The molecule has 2 aromatic heterocycles. The predicted octanol–water partition coefficient (Wildman–Crippen LogP) is 2.29. The number of carbonyl (C=O) groups excluding carboxylic acids is 2. The molecule has 0 bridgehead atoms. The van der Waals surface area contributed by atoms with E-state index in [1.54, 1.807) is 22.2 Å². The Morgan fingerprint density at radius 3 is 2.81 bits per heavy atom. The Bertz CT molecular complexity index is 890. The molecule has 3 heterocycles. The summed E-state index contributed by atoms with van der Waals surface area (Å²) in [5.74, 6) is 1.25. The van der Waals surface area contributed by atoms with Gasteiger partial charge in [0, 0.05) is 50.6 Å². The number of rotatable bonds is 8. The molecule has 1 saturated heterocycles. The van der Waals surface area contributed by atoms with Crippen LogP contribution in [0.2, 0.25) is 0 Å². The Morgan fingerprint density at radius 1 is 1.29 bits per heavy atom. The summed E-state index contributed by atoms with van der Waals surface area (Å²) in [4.78, 5) is 33.6. The van der Waals surface area contributed by atoms with Crippen molar-refractivity contribution in [2.45, 2.75) is 52.2 Å². The Kier molecular flexibility index (Phi) is 6.65. The molecule has 2 aromatic rings. The van der Waals surface area contributed by atoms with Crippen LogP contribution in [0, 0.1) is 19.8 Å². The molecular formula is C23H30N4O4. The molecule has 0 radical (unpaired) electrons. The third-order valence-electron chi connectivity index (χ3n) is 6.01. The summed E-state index contributed by atoms with van der Waals surface area (Å²) in [6.07, 6.45) is 6.56. The second-order valence-electron chi connectivity index (χ2n) is 8.61. The van der Waals surface area contributed by atoms with Gasteiger partial charge in [-0.2, -0.15) is 0 Å². The lowest BCUT2D eigenvalue weighted by Gasteiger charge is -2.25. The lowest BCUT2D eigenvalue weighted by molar-refractivity contribution is -0.139. The summed E-state index contributed by atoms with van der Waals surface area (Å²) in [5.41, 5.74) is 2.75. The molecule has 8 heteroatoms. The Morgan fingerprint density at radius 2 is 2.13 bits per heavy atom. The molecule has 1 saturated carbocycles. The van der Waals surface area contributed by atoms with E-state index in [9.17, 15) is 9.59 Å². The van der Waals surface area contributed by atoms with Gasteiger partial charge >= 0.3 is 0 Å². The molecule has 31 heavy (non-hydrogen) atoms. The van der Waals surface area contributed by atoms with Crippen LogP contribution in [0.25, 0.3) is 0 Å². The van der Waals surface area contributed by atoms with Crippen LogP contribution in [0.1, 0.15) is 41.8 Å². The Labute approximate surface area is 182 Å². The number of hydrogen-bond acceptors (Lipinski definition) is 6. The van der Waals surface area contributed by atoms with Gasteiger partial charge in [0.05, 0.1) is 18.3 Å². The van der Waals surface area contributed by atoms with Gasteiger partial charge in [0.25, 0.3) is 0 Å². The number of hydrogen-bond donors (Lipinski definition) is 0. The average molecular weight is 427 g/mol. The van der Waals surface area contributed by atoms with Crippen LogP contribution in [0.5, 0.6) is 0 Å². The van der Waals surface area contributed by atoms with Gasteiger partial charge in [0.15, 0.2) is 0 Å². The van der Waals surface area contributed by atoms with Crippen molar-refractivity contribution in [3.63, 3.8) is 0 Å². The van der Waals surface area contributed by atoms with Crippen LogP contribution < -0.4 is 0 Å². The molecule has 4 rings (SSSR count). The van der Waals surface area contributed by atoms with Crippen LogP contribution in [0.4, 0.5) is 0 Å². The van der Waals surface area contributed by atoms with Gasteiger partial charge < -0.3 is 19.1 Å². The first-order valence-corrected chi connectivity index (χ1v) is 11.0. The molecular weight excluding hydrogens is 396 g/mol. The van der Waals surface area contributed by atoms with Gasteiger partial charge in [0.1, 0.15) is 5.76 Å². The smallest absolute Gasteiger partial charge is 0.242 e. The van der Waals surface area contributed by atoms with Crippen LogP contribution in [-0.2, 0) is 27.3 Å². The van der Waals surface area contributed by atoms with Crippen molar-refractivity contribution in [2.75, 3.05) is 26.2 Å². The minimum atomic E-state index is -0.188. The minimum absolute atomic E-state index is 0.0448. The van der Waals surface area contributed by atoms with Crippen molar-refractivity contribution in [3.05, 3.63) is 47.1 Å². The molecule has 1 aliphatic heterocycles. The van der Waals surface area contributed by atoms with Crippen LogP contribution in [0.3, 0.4) is 0 Å². The summed E-state index contributed by atoms with van der Waals surface area (Å²) < 4.78 is 11.3. The number of amides is 2. The lowest BCUT2D eigenvalue weighted by Crippen LogP contribution is -2.40. The van der Waals surface area contributed by atoms with E-state index >= 15 is 0 Å². The van der Waals surface area contributed by atoms with E-state index in [1.165, 1.54) is 12.8 Å². The van der Waals surface area contributed by atoms with Crippen molar-refractivity contribution in [1.29, 1.82) is 0 Å². The molecule has 2 fully saturated rings. The highest BCUT2D eigenvalue weighted by Gasteiger charge is 2.32. The lowest BCUT2D eigenvalue weighted by atomic mass is 10.1. The van der Waals surface area contributed by atoms with Crippen molar-refractivity contribution in [1.82, 2.24) is 19.9 Å². The zero-order chi connectivity index (χ0) is 21.8. The Balaban J connectivity index is 1.43. The number of aryl methyl sites for hydroxylation is 2. The molecule has 2 aliphatic rings. The highest BCUT2D eigenvalue weighted by molar-refractivity contribution is 5.85. The molecule has 8 nitrogen and oxygen atoms in total. The number of nitrogens with zero attached hydrogens (tertiary/aromatic N) is 4. The van der Waals surface area contributed by atoms with E-state index in [0.29, 0.717) is 45.0 Å². The molecule has 1 atom stereocenters. The first-order chi connectivity index (χ1) is 15.0. The summed E-state index contributed by atoms with van der Waals surface area (Å²) in [6, 6.07) is 3.82. The maximum absolute atomic E-state index is 13.0. The maximum Gasteiger partial charge on any atom is 0.242 e. The van der Waals surface area contributed by atoms with Gasteiger partial charge in [0.2, 0.25) is 11.8 Å². The summed E-state index contributed by atoms with van der Waals surface area (Å²) in [7, 11) is 0. The van der Waals surface area contributed by atoms with Gasteiger partial charge in [-0.1, -0.05) is 11.2 Å². The first-order valence-electron chi connectivity index (χ1n) is 11.0. The standard InChI is InChI=1S/C23H30N4O4/c1-16-21(17(2)31-25-16)7-8-22(28)27-13-20(30-15-18-5-6-18)12-26(23(29)14-27)11-19-4-3-9-24-10-19/h3-4,9-10,18,20H,5-8,11-15H2,1-2H3/t20-/m1/s1. The molecule has 0 aromatic carbocycles. The van der Waals surface area contributed by atoms with E-state index < -0.39 is 0 Å². The second-order valence-corrected chi connectivity index (χ2v) is 8.61. The van der Waals surface area contributed by atoms with Crippen LogP contribution >= 0.6 is 0 Å². The van der Waals surface area contributed by atoms with Crippen LogP contribution in [0.15, 0.2) is 29.0 Å². The van der Waals surface area contributed by atoms with E-state index in [-0.39, 0.29) is 24.5 Å². The zero-order valence-corrected chi connectivity index (χ0v) is 18.2. The van der Waals surface area contributed by atoms with Gasteiger partial charge in [-0.15, -0.1) is 0 Å². The van der Waals surface area contributed by atoms with E-state index in [0.717, 1.165) is 22.6 Å². The molecule has 0 spiro atoms. The topological polar surface area (TPSA) is 88.8 Å². The minimum Gasteiger partial charge on any atom is -0.374 e. The SMILES string of the molecule is Cc1noc(C)c1CCC(=O)N1CC(=O)N(Cc2cccnc2)C[C@@H](OCC2CC2)C1. The summed E-state index contributed by atoms with van der Waals surface area (Å²) in [6.45, 7) is 5.88. The molecule has 1 aliphatic carbocycles. The van der Waals surface area contributed by atoms with Crippen molar-refractivity contribution >= 4 is 11.8 Å². The zero-order valence-electron chi connectivity index (χ0n) is 18.2. The van der Waals surface area contributed by atoms with E-state index in [1.807, 2.05) is 26.0 Å². The van der Waals surface area contributed by atoms with Crippen LogP contribution in [-0.4, -0.2) is 64.1 Å². The number of aromatic nitrogens is 2. The third kappa shape index (κ3) is 5.70. The monoisotopic (exact) mass is 426 g/mol.